The number of halogens is 1. The molecule has 0 spiro atoms. The van der Waals surface area contributed by atoms with Crippen molar-refractivity contribution in [3.63, 3.8) is 0 Å². The van der Waals surface area contributed by atoms with Crippen molar-refractivity contribution in [3.05, 3.63) is 35.6 Å². The summed E-state index contributed by atoms with van der Waals surface area (Å²) >= 11 is 0. The van der Waals surface area contributed by atoms with Crippen molar-refractivity contribution in [2.75, 3.05) is 19.7 Å². The molecule has 3 heteroatoms. The topological polar surface area (TPSA) is 32.3 Å². The molecule has 0 heterocycles. The molecule has 0 amide bonds. The third-order valence-electron chi connectivity index (χ3n) is 1.77. The highest BCUT2D eigenvalue weighted by Gasteiger charge is 1.94. The summed E-state index contributed by atoms with van der Waals surface area (Å²) in [5.41, 5.74) is 0.977. The maximum Gasteiger partial charge on any atom is 0.123 e. The first-order valence-electron chi connectivity index (χ1n) is 5.39. The Bertz CT molecular complexity index is 253. The quantitative estimate of drug-likeness (QED) is 0.733. The van der Waals surface area contributed by atoms with Crippen molar-refractivity contribution in [1.82, 2.24) is 5.32 Å². The Balaban J connectivity index is 0.000000921. The maximum atomic E-state index is 12.7. The van der Waals surface area contributed by atoms with Gasteiger partial charge in [-0.3, -0.25) is 0 Å². The van der Waals surface area contributed by atoms with E-state index in [-0.39, 0.29) is 12.4 Å². The second-order valence-corrected chi connectivity index (χ2v) is 2.85. The molecule has 0 aliphatic rings. The van der Waals surface area contributed by atoms with Gasteiger partial charge in [0.25, 0.3) is 0 Å². The molecule has 2 nitrogen and oxygen atoms in total. The molecule has 0 aliphatic heterocycles. The molecule has 1 aromatic carbocycles. The smallest absolute Gasteiger partial charge is 0.123 e. The number of hydrogen-bond acceptors (Lipinski definition) is 2. The molecule has 1 rings (SSSR count). The minimum Gasteiger partial charge on any atom is -0.395 e. The van der Waals surface area contributed by atoms with E-state index >= 15 is 0 Å². The first-order chi connectivity index (χ1) is 7.33. The number of hydrogen-bond donors (Lipinski definition) is 2. The Morgan fingerprint density at radius 1 is 1.27 bits per heavy atom. The fourth-order valence-electron chi connectivity index (χ4n) is 1.13. The van der Waals surface area contributed by atoms with Gasteiger partial charge in [-0.15, -0.1) is 0 Å². The van der Waals surface area contributed by atoms with Gasteiger partial charge in [-0.25, -0.2) is 4.39 Å². The van der Waals surface area contributed by atoms with Crippen LogP contribution in [-0.2, 0) is 6.42 Å². The van der Waals surface area contributed by atoms with Gasteiger partial charge in [0.2, 0.25) is 0 Å². The molecule has 0 atom stereocenters. The molecule has 1 aromatic rings. The van der Waals surface area contributed by atoms with Crippen molar-refractivity contribution in [2.45, 2.75) is 20.3 Å². The van der Waals surface area contributed by atoms with E-state index in [1.54, 1.807) is 6.07 Å². The number of rotatable bonds is 5. The van der Waals surface area contributed by atoms with Gasteiger partial charge in [-0.1, -0.05) is 26.0 Å². The Hall–Kier alpha value is -0.930. The fraction of sp³-hybridized carbons (Fsp3) is 0.500. The summed E-state index contributed by atoms with van der Waals surface area (Å²) in [6, 6.07) is 6.56. The van der Waals surface area contributed by atoms with Crippen molar-refractivity contribution >= 4 is 0 Å². The molecule has 0 aliphatic carbocycles. The molecule has 86 valence electrons. The molecule has 0 unspecified atom stereocenters. The Kier molecular flexibility index (Phi) is 9.02. The van der Waals surface area contributed by atoms with Crippen molar-refractivity contribution in [3.8, 4) is 0 Å². The zero-order chi connectivity index (χ0) is 11.5. The van der Waals surface area contributed by atoms with Crippen LogP contribution in [0.15, 0.2) is 24.3 Å². The summed E-state index contributed by atoms with van der Waals surface area (Å²) in [7, 11) is 0. The summed E-state index contributed by atoms with van der Waals surface area (Å²) in [5, 5.41) is 11.5. The van der Waals surface area contributed by atoms with E-state index in [2.05, 4.69) is 5.32 Å². The van der Waals surface area contributed by atoms with Crippen molar-refractivity contribution in [2.24, 2.45) is 0 Å². The second-order valence-electron chi connectivity index (χ2n) is 2.85. The lowest BCUT2D eigenvalue weighted by molar-refractivity contribution is 0.293. The normalized spacial score (nSPS) is 9.33. The molecule has 0 radical (unpaired) electrons. The lowest BCUT2D eigenvalue weighted by Gasteiger charge is -2.02. The minimum atomic E-state index is -0.195. The van der Waals surface area contributed by atoms with Crippen LogP contribution in [0.1, 0.15) is 19.4 Å². The van der Waals surface area contributed by atoms with E-state index in [0.717, 1.165) is 18.5 Å². The van der Waals surface area contributed by atoms with Gasteiger partial charge in [0.1, 0.15) is 5.82 Å². The molecule has 0 saturated heterocycles. The zero-order valence-electron chi connectivity index (χ0n) is 9.46. The molecule has 0 saturated carbocycles. The Morgan fingerprint density at radius 2 is 2.00 bits per heavy atom. The van der Waals surface area contributed by atoms with E-state index in [4.69, 9.17) is 5.11 Å². The zero-order valence-corrected chi connectivity index (χ0v) is 9.46. The summed E-state index contributed by atoms with van der Waals surface area (Å²) in [5.74, 6) is -0.195. The average molecular weight is 213 g/mol. The molecule has 0 fully saturated rings. The highest BCUT2D eigenvalue weighted by Crippen LogP contribution is 2.03. The standard InChI is InChI=1S/C10H14FNO.C2H6/c11-10-3-1-2-9(8-10)4-5-12-6-7-13;1-2/h1-3,8,12-13H,4-7H2;1-2H3. The van der Waals surface area contributed by atoms with Crippen molar-refractivity contribution in [1.29, 1.82) is 0 Å². The molecule has 2 N–H and O–H groups in total. The van der Waals surface area contributed by atoms with Crippen molar-refractivity contribution < 1.29 is 9.50 Å². The van der Waals surface area contributed by atoms with Crippen LogP contribution in [0.3, 0.4) is 0 Å². The maximum absolute atomic E-state index is 12.7. The van der Waals surface area contributed by atoms with E-state index in [1.165, 1.54) is 12.1 Å². The van der Waals surface area contributed by atoms with Gasteiger partial charge in [0.05, 0.1) is 6.61 Å². The van der Waals surface area contributed by atoms with Crippen LogP contribution >= 0.6 is 0 Å². The van der Waals surface area contributed by atoms with Gasteiger partial charge >= 0.3 is 0 Å². The van der Waals surface area contributed by atoms with Gasteiger partial charge in [0, 0.05) is 6.54 Å². The lowest BCUT2D eigenvalue weighted by Crippen LogP contribution is -2.20. The largest absolute Gasteiger partial charge is 0.395 e. The molecular formula is C12H20FNO. The first kappa shape index (κ1) is 14.1. The lowest BCUT2D eigenvalue weighted by atomic mass is 10.1. The van der Waals surface area contributed by atoms with Crippen LogP contribution in [0.2, 0.25) is 0 Å². The molecule has 0 aromatic heterocycles. The molecular weight excluding hydrogens is 193 g/mol. The average Bonchev–Trinajstić information content (AvgIpc) is 2.27. The predicted octanol–water partition coefficient (Wildman–Crippen LogP) is 1.98. The summed E-state index contributed by atoms with van der Waals surface area (Å²) in [4.78, 5) is 0. The third kappa shape index (κ3) is 7.05. The number of aliphatic hydroxyl groups excluding tert-OH is 1. The first-order valence-corrected chi connectivity index (χ1v) is 5.39. The van der Waals surface area contributed by atoms with Gasteiger partial charge in [-0.05, 0) is 30.7 Å². The SMILES string of the molecule is CC.OCCNCCc1cccc(F)c1. The van der Waals surface area contributed by atoms with Crippen LogP contribution in [-0.4, -0.2) is 24.8 Å². The number of benzene rings is 1. The van der Waals surface area contributed by atoms with Crippen LogP contribution in [0.25, 0.3) is 0 Å². The summed E-state index contributed by atoms with van der Waals surface area (Å²) < 4.78 is 12.7. The van der Waals surface area contributed by atoms with Crippen LogP contribution < -0.4 is 5.32 Å². The number of nitrogens with one attached hydrogen (secondary N) is 1. The third-order valence-corrected chi connectivity index (χ3v) is 1.77. The van der Waals surface area contributed by atoms with Crippen LogP contribution in [0, 0.1) is 5.82 Å². The highest BCUT2D eigenvalue weighted by atomic mass is 19.1. The Morgan fingerprint density at radius 3 is 2.60 bits per heavy atom. The van der Waals surface area contributed by atoms with E-state index < -0.39 is 0 Å². The van der Waals surface area contributed by atoms with E-state index in [1.807, 2.05) is 19.9 Å². The van der Waals surface area contributed by atoms with Crippen LogP contribution in [0.4, 0.5) is 4.39 Å². The minimum absolute atomic E-state index is 0.142. The summed E-state index contributed by atoms with van der Waals surface area (Å²) in [6.07, 6.45) is 0.789. The number of aliphatic hydroxyl groups is 1. The second kappa shape index (κ2) is 9.62. The fourth-order valence-corrected chi connectivity index (χ4v) is 1.13. The van der Waals surface area contributed by atoms with Gasteiger partial charge in [-0.2, -0.15) is 0 Å². The molecule has 0 bridgehead atoms. The molecule has 15 heavy (non-hydrogen) atoms. The van der Waals surface area contributed by atoms with Gasteiger partial charge in [0.15, 0.2) is 0 Å². The van der Waals surface area contributed by atoms with Crippen LogP contribution in [0.5, 0.6) is 0 Å². The summed E-state index contributed by atoms with van der Waals surface area (Å²) in [6.45, 7) is 5.50. The van der Waals surface area contributed by atoms with E-state index in [9.17, 15) is 4.39 Å². The predicted molar refractivity (Wildman–Crippen MR) is 61.4 cm³/mol. The van der Waals surface area contributed by atoms with E-state index in [0.29, 0.717) is 6.54 Å². The van der Waals surface area contributed by atoms with Gasteiger partial charge < -0.3 is 10.4 Å². The monoisotopic (exact) mass is 213 g/mol. The highest BCUT2D eigenvalue weighted by molar-refractivity contribution is 5.16. The Labute approximate surface area is 91.1 Å².